The Morgan fingerprint density at radius 1 is 1.06 bits per heavy atom. The molecule has 0 bridgehead atoms. The van der Waals surface area contributed by atoms with Crippen molar-refractivity contribution in [2.45, 2.75) is 12.8 Å². The molecule has 0 aliphatic rings. The van der Waals surface area contributed by atoms with E-state index in [0.29, 0.717) is 0 Å². The summed E-state index contributed by atoms with van der Waals surface area (Å²) in [5, 5.41) is 6.53. The van der Waals surface area contributed by atoms with Crippen LogP contribution in [0.1, 0.15) is 11.4 Å². The van der Waals surface area contributed by atoms with Gasteiger partial charge in [0.1, 0.15) is 5.82 Å². The van der Waals surface area contributed by atoms with E-state index in [2.05, 4.69) is 15.2 Å². The summed E-state index contributed by atoms with van der Waals surface area (Å²) in [7, 11) is 0. The number of benzene rings is 1. The number of aromatic nitrogens is 3. The lowest BCUT2D eigenvalue weighted by Crippen LogP contribution is -1.98. The van der Waals surface area contributed by atoms with Gasteiger partial charge in [0.2, 0.25) is 5.95 Å². The van der Waals surface area contributed by atoms with Gasteiger partial charge in [0.05, 0.1) is 0 Å². The van der Waals surface area contributed by atoms with E-state index in [-0.39, 0.29) is 30.8 Å². The van der Waals surface area contributed by atoms with Gasteiger partial charge in [-0.2, -0.15) is 4.98 Å². The fraction of sp³-hybridized carbons (Fsp3) is 0.200. The molecular formula is C10H15Cl2N5. The van der Waals surface area contributed by atoms with Crippen molar-refractivity contribution >= 4 is 36.4 Å². The smallest absolute Gasteiger partial charge is 0.239 e. The first-order valence-corrected chi connectivity index (χ1v) is 4.76. The molecule has 0 fully saturated rings. The van der Waals surface area contributed by atoms with Gasteiger partial charge in [-0.05, 0) is 18.1 Å². The highest BCUT2D eigenvalue weighted by atomic mass is 35.5. The van der Waals surface area contributed by atoms with Crippen molar-refractivity contribution in [3.8, 4) is 0 Å². The normalized spacial score (nSPS) is 9.18. The Morgan fingerprint density at radius 3 is 2.35 bits per heavy atom. The average Bonchev–Trinajstić information content (AvgIpc) is 2.63. The third-order valence-electron chi connectivity index (χ3n) is 2.24. The summed E-state index contributed by atoms with van der Waals surface area (Å²) in [6.07, 6.45) is 1.60. The minimum atomic E-state index is 0. The molecule has 94 valence electrons. The molecule has 0 atom stereocenters. The predicted molar refractivity (Wildman–Crippen MR) is 73.6 cm³/mol. The molecule has 17 heavy (non-hydrogen) atoms. The third-order valence-corrected chi connectivity index (χ3v) is 2.24. The number of hydrogen-bond donors (Lipinski definition) is 3. The summed E-state index contributed by atoms with van der Waals surface area (Å²) in [5.74, 6) is 1.07. The molecule has 0 radical (unpaired) electrons. The summed E-state index contributed by atoms with van der Waals surface area (Å²) >= 11 is 0. The van der Waals surface area contributed by atoms with E-state index in [0.717, 1.165) is 29.9 Å². The molecule has 5 N–H and O–H groups in total. The second kappa shape index (κ2) is 6.98. The number of nitrogen functional groups attached to an aromatic ring is 2. The van der Waals surface area contributed by atoms with Gasteiger partial charge < -0.3 is 11.5 Å². The minimum absolute atomic E-state index is 0. The van der Waals surface area contributed by atoms with Gasteiger partial charge in [-0.1, -0.05) is 18.2 Å². The third kappa shape index (κ3) is 4.13. The highest BCUT2D eigenvalue weighted by molar-refractivity contribution is 5.85. The SMILES string of the molecule is Cl.Cl.Nc1n[nH]c(CCc2ccccc2N)n1. The van der Waals surface area contributed by atoms with Crippen molar-refractivity contribution in [3.63, 3.8) is 0 Å². The summed E-state index contributed by atoms with van der Waals surface area (Å²) in [6, 6.07) is 7.80. The molecule has 2 rings (SSSR count). The molecule has 0 aliphatic carbocycles. The zero-order valence-electron chi connectivity index (χ0n) is 9.09. The first kappa shape index (κ1) is 15.5. The molecule has 1 aromatic heterocycles. The molecule has 0 unspecified atom stereocenters. The molecule has 1 aromatic carbocycles. The van der Waals surface area contributed by atoms with Crippen molar-refractivity contribution in [1.82, 2.24) is 15.2 Å². The number of nitrogens with one attached hydrogen (secondary N) is 1. The monoisotopic (exact) mass is 275 g/mol. The van der Waals surface area contributed by atoms with Crippen molar-refractivity contribution in [3.05, 3.63) is 35.7 Å². The van der Waals surface area contributed by atoms with Crippen LogP contribution in [0.4, 0.5) is 11.6 Å². The van der Waals surface area contributed by atoms with Crippen molar-refractivity contribution in [2.75, 3.05) is 11.5 Å². The van der Waals surface area contributed by atoms with E-state index in [9.17, 15) is 0 Å². The number of nitrogens with zero attached hydrogens (tertiary/aromatic N) is 2. The lowest BCUT2D eigenvalue weighted by molar-refractivity contribution is 0.866. The Balaban J connectivity index is 0.00000128. The molecular weight excluding hydrogens is 261 g/mol. The standard InChI is InChI=1S/C10H13N5.2ClH/c11-8-4-2-1-3-7(8)5-6-9-13-10(12)15-14-9;;/h1-4H,5-6,11H2,(H3,12,13,14,15);2*1H. The Bertz CT molecular complexity index is 457. The van der Waals surface area contributed by atoms with Crippen LogP contribution in [0.5, 0.6) is 0 Å². The largest absolute Gasteiger partial charge is 0.399 e. The first-order valence-electron chi connectivity index (χ1n) is 4.76. The number of hydrogen-bond acceptors (Lipinski definition) is 4. The molecule has 5 nitrogen and oxygen atoms in total. The quantitative estimate of drug-likeness (QED) is 0.742. The van der Waals surface area contributed by atoms with Crippen LogP contribution in [-0.2, 0) is 12.8 Å². The molecule has 0 spiro atoms. The molecule has 0 aliphatic heterocycles. The van der Waals surface area contributed by atoms with Gasteiger partial charge in [0.15, 0.2) is 0 Å². The second-order valence-corrected chi connectivity index (χ2v) is 3.34. The van der Waals surface area contributed by atoms with Crippen molar-refractivity contribution in [2.24, 2.45) is 0 Å². The zero-order chi connectivity index (χ0) is 10.7. The number of anilines is 2. The number of aryl methyl sites for hydroxylation is 2. The Hall–Kier alpha value is -1.46. The maximum Gasteiger partial charge on any atom is 0.239 e. The van der Waals surface area contributed by atoms with Gasteiger partial charge in [-0.15, -0.1) is 29.9 Å². The Labute approximate surface area is 112 Å². The van der Waals surface area contributed by atoms with Crippen LogP contribution >= 0.6 is 24.8 Å². The van der Waals surface area contributed by atoms with Crippen LogP contribution in [-0.4, -0.2) is 15.2 Å². The van der Waals surface area contributed by atoms with E-state index in [1.807, 2.05) is 24.3 Å². The van der Waals surface area contributed by atoms with Crippen LogP contribution in [0.2, 0.25) is 0 Å². The van der Waals surface area contributed by atoms with Crippen LogP contribution in [0.3, 0.4) is 0 Å². The highest BCUT2D eigenvalue weighted by Gasteiger charge is 2.02. The lowest BCUT2D eigenvalue weighted by atomic mass is 10.1. The summed E-state index contributed by atoms with van der Waals surface area (Å²) in [5.41, 5.74) is 13.1. The van der Waals surface area contributed by atoms with E-state index in [4.69, 9.17) is 11.5 Å². The average molecular weight is 276 g/mol. The summed E-state index contributed by atoms with van der Waals surface area (Å²) in [4.78, 5) is 4.03. The van der Waals surface area contributed by atoms with Crippen LogP contribution in [0.15, 0.2) is 24.3 Å². The van der Waals surface area contributed by atoms with Crippen molar-refractivity contribution in [1.29, 1.82) is 0 Å². The van der Waals surface area contributed by atoms with E-state index in [1.165, 1.54) is 0 Å². The van der Waals surface area contributed by atoms with Crippen LogP contribution < -0.4 is 11.5 Å². The fourth-order valence-electron chi connectivity index (χ4n) is 1.44. The van der Waals surface area contributed by atoms with Gasteiger partial charge in [0.25, 0.3) is 0 Å². The summed E-state index contributed by atoms with van der Waals surface area (Å²) in [6.45, 7) is 0. The van der Waals surface area contributed by atoms with Crippen LogP contribution in [0, 0.1) is 0 Å². The molecule has 0 saturated heterocycles. The number of aromatic amines is 1. The van der Waals surface area contributed by atoms with Gasteiger partial charge in [-0.25, -0.2) is 0 Å². The van der Waals surface area contributed by atoms with Crippen LogP contribution in [0.25, 0.3) is 0 Å². The van der Waals surface area contributed by atoms with Gasteiger partial charge in [-0.3, -0.25) is 5.10 Å². The lowest BCUT2D eigenvalue weighted by Gasteiger charge is -2.02. The minimum Gasteiger partial charge on any atom is -0.399 e. The topological polar surface area (TPSA) is 93.6 Å². The van der Waals surface area contributed by atoms with Gasteiger partial charge >= 0.3 is 0 Å². The number of para-hydroxylation sites is 1. The van der Waals surface area contributed by atoms with E-state index >= 15 is 0 Å². The second-order valence-electron chi connectivity index (χ2n) is 3.34. The predicted octanol–water partition coefficient (Wildman–Crippen LogP) is 1.60. The molecule has 1 heterocycles. The number of nitrogens with two attached hydrogens (primary N) is 2. The number of H-pyrrole nitrogens is 1. The fourth-order valence-corrected chi connectivity index (χ4v) is 1.44. The molecule has 7 heteroatoms. The maximum atomic E-state index is 5.82. The zero-order valence-corrected chi connectivity index (χ0v) is 10.7. The molecule has 0 saturated carbocycles. The Morgan fingerprint density at radius 2 is 1.76 bits per heavy atom. The Kier molecular flexibility index (Phi) is 6.38. The summed E-state index contributed by atoms with van der Waals surface area (Å²) < 4.78 is 0. The van der Waals surface area contributed by atoms with Gasteiger partial charge in [0, 0.05) is 12.1 Å². The molecule has 0 amide bonds. The number of halogens is 2. The van der Waals surface area contributed by atoms with E-state index < -0.39 is 0 Å². The van der Waals surface area contributed by atoms with E-state index in [1.54, 1.807) is 0 Å². The number of rotatable bonds is 3. The first-order chi connectivity index (χ1) is 7.25. The molecule has 2 aromatic rings. The maximum absolute atomic E-state index is 5.82. The highest BCUT2D eigenvalue weighted by Crippen LogP contribution is 2.12. The van der Waals surface area contributed by atoms with Crippen molar-refractivity contribution < 1.29 is 0 Å².